The van der Waals surface area contributed by atoms with Crippen molar-refractivity contribution in [3.63, 3.8) is 0 Å². The molecule has 4 rings (SSSR count). The van der Waals surface area contributed by atoms with E-state index in [1.165, 1.54) is 18.2 Å². The predicted molar refractivity (Wildman–Crippen MR) is 95.1 cm³/mol. The van der Waals surface area contributed by atoms with E-state index in [9.17, 15) is 18.0 Å². The molecule has 4 aromatic rings. The zero-order chi connectivity index (χ0) is 21.1. The summed E-state index contributed by atoms with van der Waals surface area (Å²) in [5.74, 6) is -0.185. The number of alkyl halides is 3. The number of hydrogen-bond donors (Lipinski definition) is 1. The predicted octanol–water partition coefficient (Wildman–Crippen LogP) is 2.66. The minimum absolute atomic E-state index is 0.0943. The number of amides is 1. The maximum absolute atomic E-state index is 13.2. The highest BCUT2D eigenvalue weighted by atomic mass is 19.4. The Bertz CT molecular complexity index is 1170. The number of halogens is 3. The Balaban J connectivity index is 1.45. The molecule has 3 heterocycles. The molecule has 152 valence electrons. The minimum atomic E-state index is -4.57. The highest BCUT2D eigenvalue weighted by Crippen LogP contribution is 2.33. The van der Waals surface area contributed by atoms with Gasteiger partial charge in [0.1, 0.15) is 0 Å². The molecule has 0 spiro atoms. The van der Waals surface area contributed by atoms with Crippen molar-refractivity contribution >= 4 is 5.91 Å². The number of nitrogens with zero attached hydrogens (tertiary/aromatic N) is 6. The summed E-state index contributed by atoms with van der Waals surface area (Å²) in [6.07, 6.45) is -0.313. The summed E-state index contributed by atoms with van der Waals surface area (Å²) in [6, 6.07) is 8.25. The quantitative estimate of drug-likeness (QED) is 0.533. The average molecular weight is 415 g/mol. The number of hydrogen-bond acceptors (Lipinski definition) is 7. The largest absolute Gasteiger partial charge is 0.418 e. The van der Waals surface area contributed by atoms with Gasteiger partial charge >= 0.3 is 6.18 Å². The number of nitrogens with one attached hydrogen (secondary N) is 1. The lowest BCUT2D eigenvalue weighted by Crippen LogP contribution is -2.23. The van der Waals surface area contributed by atoms with Crippen LogP contribution in [0.15, 0.2) is 59.5 Å². The van der Waals surface area contributed by atoms with Gasteiger partial charge in [0.2, 0.25) is 11.7 Å². The molecule has 0 saturated carbocycles. The third-order valence-electron chi connectivity index (χ3n) is 3.99. The molecule has 30 heavy (non-hydrogen) atoms. The number of carbonyl (C=O) groups excluding carboxylic acids is 1. The first-order valence-electron chi connectivity index (χ1n) is 8.52. The van der Waals surface area contributed by atoms with Crippen molar-refractivity contribution in [3.8, 4) is 17.1 Å². The van der Waals surface area contributed by atoms with Crippen LogP contribution in [0.25, 0.3) is 17.1 Å². The van der Waals surface area contributed by atoms with Crippen molar-refractivity contribution < 1.29 is 22.5 Å². The van der Waals surface area contributed by atoms with Gasteiger partial charge in [-0.3, -0.25) is 9.78 Å². The zero-order valence-electron chi connectivity index (χ0n) is 15.0. The van der Waals surface area contributed by atoms with Crippen molar-refractivity contribution in [3.05, 3.63) is 72.1 Å². The van der Waals surface area contributed by atoms with Crippen LogP contribution in [0.5, 0.6) is 0 Å². The standard InChI is InChI=1S/C18H12F3N7O2/c19-18(20,21)12-3-1-2-4-14(12)28-10-13(25-27-28)17(29)23-9-15-24-16(26-30-15)11-5-7-22-8-6-11/h1-8,10H,9H2,(H,23,29). The highest BCUT2D eigenvalue weighted by Gasteiger charge is 2.34. The number of para-hydroxylation sites is 1. The van der Waals surface area contributed by atoms with Crippen molar-refractivity contribution in [1.29, 1.82) is 0 Å². The number of pyridine rings is 1. The van der Waals surface area contributed by atoms with Crippen LogP contribution in [0.4, 0.5) is 13.2 Å². The fraction of sp³-hybridized carbons (Fsp3) is 0.111. The normalized spacial score (nSPS) is 11.4. The summed E-state index contributed by atoms with van der Waals surface area (Å²) < 4.78 is 45.5. The van der Waals surface area contributed by atoms with E-state index in [-0.39, 0.29) is 23.8 Å². The Kier molecular flexibility index (Phi) is 4.96. The molecule has 0 unspecified atom stereocenters. The van der Waals surface area contributed by atoms with Crippen LogP contribution in [-0.2, 0) is 12.7 Å². The van der Waals surface area contributed by atoms with Crippen molar-refractivity contribution in [2.45, 2.75) is 12.7 Å². The Morgan fingerprint density at radius 2 is 1.90 bits per heavy atom. The van der Waals surface area contributed by atoms with Crippen molar-refractivity contribution in [2.24, 2.45) is 0 Å². The maximum atomic E-state index is 13.2. The van der Waals surface area contributed by atoms with Gasteiger partial charge in [-0.2, -0.15) is 18.2 Å². The van der Waals surface area contributed by atoms with E-state index in [2.05, 4.69) is 30.8 Å². The summed E-state index contributed by atoms with van der Waals surface area (Å²) in [5, 5.41) is 13.6. The molecule has 0 saturated heterocycles. The first kappa shape index (κ1) is 19.2. The molecule has 0 aliphatic rings. The van der Waals surface area contributed by atoms with Crippen LogP contribution < -0.4 is 5.32 Å². The van der Waals surface area contributed by atoms with E-state index >= 15 is 0 Å². The first-order valence-corrected chi connectivity index (χ1v) is 8.52. The van der Waals surface area contributed by atoms with Gasteiger partial charge in [0, 0.05) is 18.0 Å². The molecule has 0 atom stereocenters. The van der Waals surface area contributed by atoms with Gasteiger partial charge < -0.3 is 9.84 Å². The molecule has 1 aromatic carbocycles. The minimum Gasteiger partial charge on any atom is -0.342 e. The third-order valence-corrected chi connectivity index (χ3v) is 3.99. The third kappa shape index (κ3) is 4.01. The smallest absolute Gasteiger partial charge is 0.342 e. The van der Waals surface area contributed by atoms with Gasteiger partial charge in [-0.1, -0.05) is 22.5 Å². The van der Waals surface area contributed by atoms with Gasteiger partial charge in [0.15, 0.2) is 5.69 Å². The van der Waals surface area contributed by atoms with Gasteiger partial charge in [-0.15, -0.1) is 5.10 Å². The van der Waals surface area contributed by atoms with Crippen LogP contribution in [0.3, 0.4) is 0 Å². The molecule has 0 radical (unpaired) electrons. The second-order valence-electron chi connectivity index (χ2n) is 5.99. The summed E-state index contributed by atoms with van der Waals surface area (Å²) in [7, 11) is 0. The summed E-state index contributed by atoms with van der Waals surface area (Å²) in [4.78, 5) is 20.3. The van der Waals surface area contributed by atoms with Crippen molar-refractivity contribution in [1.82, 2.24) is 35.4 Å². The zero-order valence-corrected chi connectivity index (χ0v) is 15.0. The highest BCUT2D eigenvalue weighted by molar-refractivity contribution is 5.91. The van der Waals surface area contributed by atoms with Crippen LogP contribution in [0, 0.1) is 0 Å². The molecular formula is C18H12F3N7O2. The van der Waals surface area contributed by atoms with Gasteiger partial charge in [-0.25, -0.2) is 4.68 Å². The van der Waals surface area contributed by atoms with E-state index < -0.39 is 17.6 Å². The molecule has 12 heteroatoms. The number of carbonyl (C=O) groups is 1. The molecule has 1 N–H and O–H groups in total. The second-order valence-corrected chi connectivity index (χ2v) is 5.99. The average Bonchev–Trinajstić information content (AvgIpc) is 3.42. The Morgan fingerprint density at radius 3 is 2.67 bits per heavy atom. The van der Waals surface area contributed by atoms with E-state index in [1.54, 1.807) is 24.5 Å². The first-order chi connectivity index (χ1) is 14.4. The molecular weight excluding hydrogens is 403 g/mol. The number of rotatable bonds is 5. The van der Waals surface area contributed by atoms with E-state index in [4.69, 9.17) is 4.52 Å². The summed E-state index contributed by atoms with van der Waals surface area (Å²) >= 11 is 0. The van der Waals surface area contributed by atoms with E-state index in [0.717, 1.165) is 16.9 Å². The van der Waals surface area contributed by atoms with E-state index in [1.807, 2.05) is 0 Å². The Hall–Kier alpha value is -4.09. The SMILES string of the molecule is O=C(NCc1nc(-c2ccncc2)no1)c1cn(-c2ccccc2C(F)(F)F)nn1. The summed E-state index contributed by atoms with van der Waals surface area (Å²) in [5.41, 5.74) is -0.606. The van der Waals surface area contributed by atoms with Crippen LogP contribution in [-0.4, -0.2) is 36.0 Å². The Labute approximate surface area is 166 Å². The van der Waals surface area contributed by atoms with Crippen LogP contribution in [0.2, 0.25) is 0 Å². The van der Waals surface area contributed by atoms with E-state index in [0.29, 0.717) is 11.4 Å². The molecule has 0 aliphatic carbocycles. The maximum Gasteiger partial charge on any atom is 0.418 e. The monoisotopic (exact) mass is 415 g/mol. The van der Waals surface area contributed by atoms with Gasteiger partial charge in [0.05, 0.1) is 24.0 Å². The molecule has 0 aliphatic heterocycles. The topological polar surface area (TPSA) is 112 Å². The molecule has 0 bridgehead atoms. The van der Waals surface area contributed by atoms with Gasteiger partial charge in [0.25, 0.3) is 5.91 Å². The fourth-order valence-corrected chi connectivity index (χ4v) is 2.59. The lowest BCUT2D eigenvalue weighted by molar-refractivity contribution is -0.137. The fourth-order valence-electron chi connectivity index (χ4n) is 2.59. The van der Waals surface area contributed by atoms with Crippen LogP contribution >= 0.6 is 0 Å². The lowest BCUT2D eigenvalue weighted by Gasteiger charge is -2.11. The van der Waals surface area contributed by atoms with Crippen molar-refractivity contribution in [2.75, 3.05) is 0 Å². The Morgan fingerprint density at radius 1 is 1.13 bits per heavy atom. The molecule has 1 amide bonds. The molecule has 0 fully saturated rings. The number of benzene rings is 1. The second kappa shape index (κ2) is 7.73. The molecule has 3 aromatic heterocycles. The van der Waals surface area contributed by atoms with Gasteiger partial charge in [-0.05, 0) is 24.3 Å². The van der Waals surface area contributed by atoms with Crippen LogP contribution in [0.1, 0.15) is 21.9 Å². The lowest BCUT2D eigenvalue weighted by atomic mass is 10.1. The molecule has 9 nitrogen and oxygen atoms in total. The summed E-state index contributed by atoms with van der Waals surface area (Å²) in [6.45, 7) is -0.0943. The number of aromatic nitrogens is 6.